The predicted molar refractivity (Wildman–Crippen MR) is 130 cm³/mol. The van der Waals surface area contributed by atoms with Crippen molar-refractivity contribution in [3.8, 4) is 5.75 Å². The fourth-order valence-corrected chi connectivity index (χ4v) is 5.82. The minimum absolute atomic E-state index is 0.0138. The van der Waals surface area contributed by atoms with Crippen LogP contribution in [0.4, 0.5) is 0 Å². The Kier molecular flexibility index (Phi) is 7.41. The van der Waals surface area contributed by atoms with E-state index in [1.807, 2.05) is 57.0 Å². The first kappa shape index (κ1) is 24.2. The predicted octanol–water partition coefficient (Wildman–Crippen LogP) is 5.48. The summed E-state index contributed by atoms with van der Waals surface area (Å²) < 4.78 is 18.6. The van der Waals surface area contributed by atoms with Gasteiger partial charge in [0.1, 0.15) is 5.75 Å². The summed E-state index contributed by atoms with van der Waals surface area (Å²) >= 11 is 1.70. The molecule has 2 atom stereocenters. The Labute approximate surface area is 201 Å². The molecule has 1 spiro atoms. The minimum atomic E-state index is -0.248. The zero-order valence-corrected chi connectivity index (χ0v) is 21.2. The lowest BCUT2D eigenvalue weighted by Gasteiger charge is -2.48. The van der Waals surface area contributed by atoms with Gasteiger partial charge in [0.15, 0.2) is 0 Å². The van der Waals surface area contributed by atoms with Crippen LogP contribution in [0.2, 0.25) is 0 Å². The third-order valence-corrected chi connectivity index (χ3v) is 7.58. The number of nitrogens with zero attached hydrogens (tertiary/aromatic N) is 2. The zero-order chi connectivity index (χ0) is 23.6. The number of hydrogen-bond donors (Lipinski definition) is 0. The molecule has 2 aromatic rings. The summed E-state index contributed by atoms with van der Waals surface area (Å²) in [6.07, 6.45) is 5.64. The fourth-order valence-electron chi connectivity index (χ4n) is 4.99. The van der Waals surface area contributed by atoms with Crippen LogP contribution in [0.1, 0.15) is 78.4 Å². The summed E-state index contributed by atoms with van der Waals surface area (Å²) in [5.41, 5.74) is 1.46. The van der Waals surface area contributed by atoms with E-state index in [9.17, 15) is 4.79 Å². The van der Waals surface area contributed by atoms with E-state index in [1.54, 1.807) is 11.3 Å². The highest BCUT2D eigenvalue weighted by Crippen LogP contribution is 2.45. The summed E-state index contributed by atoms with van der Waals surface area (Å²) in [6.45, 7) is 12.2. The molecule has 4 rings (SSSR count). The van der Waals surface area contributed by atoms with Crippen LogP contribution in [-0.2, 0) is 9.47 Å². The van der Waals surface area contributed by atoms with Crippen molar-refractivity contribution in [2.75, 3.05) is 19.7 Å². The minimum Gasteiger partial charge on any atom is -0.491 e. The lowest BCUT2D eigenvalue weighted by atomic mass is 9.81. The van der Waals surface area contributed by atoms with Crippen molar-refractivity contribution < 1.29 is 19.0 Å². The first-order chi connectivity index (χ1) is 15.8. The second-order valence-corrected chi connectivity index (χ2v) is 10.8. The number of amides is 1. The molecule has 6 nitrogen and oxygen atoms in total. The molecule has 0 bridgehead atoms. The van der Waals surface area contributed by atoms with Crippen molar-refractivity contribution in [2.45, 2.75) is 84.2 Å². The number of likely N-dealkylation sites (tertiary alicyclic amines) is 1. The van der Waals surface area contributed by atoms with E-state index in [0.29, 0.717) is 25.3 Å². The van der Waals surface area contributed by atoms with Crippen molar-refractivity contribution in [1.29, 1.82) is 0 Å². The van der Waals surface area contributed by atoms with Gasteiger partial charge in [0.25, 0.3) is 5.91 Å². The van der Waals surface area contributed by atoms with Gasteiger partial charge in [-0.3, -0.25) is 4.79 Å². The Balaban J connectivity index is 1.44. The third kappa shape index (κ3) is 5.58. The molecule has 33 heavy (non-hydrogen) atoms. The van der Waals surface area contributed by atoms with Crippen LogP contribution in [0.5, 0.6) is 5.75 Å². The normalized spacial score (nSPS) is 22.7. The van der Waals surface area contributed by atoms with Crippen molar-refractivity contribution >= 4 is 17.2 Å². The third-order valence-electron chi connectivity index (χ3n) is 6.57. The number of rotatable bonds is 6. The number of ether oxygens (including phenoxy) is 3. The molecule has 180 valence electrons. The van der Waals surface area contributed by atoms with E-state index in [1.165, 1.54) is 4.88 Å². The molecule has 1 aromatic heterocycles. The second-order valence-electron chi connectivity index (χ2n) is 9.53. The van der Waals surface area contributed by atoms with Crippen LogP contribution in [0.15, 0.2) is 24.4 Å². The SMILES string of the molecule is CCOC1CC(c2cnc(C)s2)OC2(CCN(C(=O)c3ccc(OC(C)C)c(C)c3)CC2)C1. The van der Waals surface area contributed by atoms with E-state index in [0.717, 1.165) is 42.0 Å². The number of thiazole rings is 1. The highest BCUT2D eigenvalue weighted by Gasteiger charge is 2.45. The molecule has 0 aliphatic carbocycles. The number of benzene rings is 1. The smallest absolute Gasteiger partial charge is 0.253 e. The molecule has 0 radical (unpaired) electrons. The van der Waals surface area contributed by atoms with Gasteiger partial charge in [0.2, 0.25) is 0 Å². The summed E-state index contributed by atoms with van der Waals surface area (Å²) in [6, 6.07) is 5.73. The van der Waals surface area contributed by atoms with Crippen molar-refractivity contribution in [3.05, 3.63) is 45.4 Å². The summed E-state index contributed by atoms with van der Waals surface area (Å²) in [5, 5.41) is 1.06. The maximum absolute atomic E-state index is 13.2. The number of aryl methyl sites for hydroxylation is 2. The van der Waals surface area contributed by atoms with Gasteiger partial charge in [-0.2, -0.15) is 0 Å². The Bertz CT molecular complexity index is 965. The second kappa shape index (κ2) is 10.1. The van der Waals surface area contributed by atoms with E-state index in [4.69, 9.17) is 14.2 Å². The summed E-state index contributed by atoms with van der Waals surface area (Å²) in [4.78, 5) is 20.8. The Hall–Kier alpha value is -1.96. The van der Waals surface area contributed by atoms with Gasteiger partial charge < -0.3 is 19.1 Å². The Morgan fingerprint density at radius 2 is 2.06 bits per heavy atom. The maximum atomic E-state index is 13.2. The van der Waals surface area contributed by atoms with Gasteiger partial charge in [-0.25, -0.2) is 4.98 Å². The molecule has 2 aliphatic rings. The van der Waals surface area contributed by atoms with E-state index in [2.05, 4.69) is 11.9 Å². The molecule has 2 saturated heterocycles. The molecular weight excluding hydrogens is 436 g/mol. The van der Waals surface area contributed by atoms with E-state index < -0.39 is 0 Å². The Morgan fingerprint density at radius 1 is 1.30 bits per heavy atom. The van der Waals surface area contributed by atoms with Crippen LogP contribution in [0.25, 0.3) is 0 Å². The summed E-state index contributed by atoms with van der Waals surface area (Å²) in [5.74, 6) is 0.914. The van der Waals surface area contributed by atoms with E-state index in [-0.39, 0.29) is 29.8 Å². The molecule has 2 aliphatic heterocycles. The average molecular weight is 473 g/mol. The molecular formula is C26H36N2O4S. The lowest BCUT2D eigenvalue weighted by molar-refractivity contribution is -0.189. The van der Waals surface area contributed by atoms with Crippen LogP contribution >= 0.6 is 11.3 Å². The molecule has 7 heteroatoms. The topological polar surface area (TPSA) is 60.9 Å². The number of piperidine rings is 1. The largest absolute Gasteiger partial charge is 0.491 e. The van der Waals surface area contributed by atoms with Gasteiger partial charge in [0.05, 0.1) is 33.8 Å². The maximum Gasteiger partial charge on any atom is 0.253 e. The number of aromatic nitrogens is 1. The van der Waals surface area contributed by atoms with Crippen molar-refractivity contribution in [2.24, 2.45) is 0 Å². The molecule has 0 N–H and O–H groups in total. The monoisotopic (exact) mass is 472 g/mol. The Morgan fingerprint density at radius 3 is 2.67 bits per heavy atom. The number of carbonyl (C=O) groups excluding carboxylic acids is 1. The van der Waals surface area contributed by atoms with Crippen LogP contribution in [0, 0.1) is 13.8 Å². The van der Waals surface area contributed by atoms with Crippen molar-refractivity contribution in [3.63, 3.8) is 0 Å². The molecule has 2 unspecified atom stereocenters. The molecule has 2 fully saturated rings. The van der Waals surface area contributed by atoms with Crippen molar-refractivity contribution in [1.82, 2.24) is 9.88 Å². The number of hydrogen-bond acceptors (Lipinski definition) is 6. The van der Waals surface area contributed by atoms with Crippen LogP contribution in [-0.4, -0.2) is 53.3 Å². The first-order valence-corrected chi connectivity index (χ1v) is 12.9. The zero-order valence-electron chi connectivity index (χ0n) is 20.4. The molecule has 1 aromatic carbocycles. The fraction of sp³-hybridized carbons (Fsp3) is 0.615. The lowest BCUT2D eigenvalue weighted by Crippen LogP contribution is -2.52. The van der Waals surface area contributed by atoms with Gasteiger partial charge in [-0.1, -0.05) is 0 Å². The van der Waals surface area contributed by atoms with Gasteiger partial charge >= 0.3 is 0 Å². The highest BCUT2D eigenvalue weighted by molar-refractivity contribution is 7.11. The molecule has 1 amide bonds. The van der Waals surface area contributed by atoms with Crippen LogP contribution in [0.3, 0.4) is 0 Å². The van der Waals surface area contributed by atoms with Gasteiger partial charge in [-0.15, -0.1) is 11.3 Å². The average Bonchev–Trinajstić information content (AvgIpc) is 3.21. The summed E-state index contributed by atoms with van der Waals surface area (Å²) in [7, 11) is 0. The van der Waals surface area contributed by atoms with E-state index >= 15 is 0 Å². The number of carbonyl (C=O) groups is 1. The quantitative estimate of drug-likeness (QED) is 0.557. The highest BCUT2D eigenvalue weighted by atomic mass is 32.1. The van der Waals surface area contributed by atoms with Crippen LogP contribution < -0.4 is 4.74 Å². The standard InChI is InChI=1S/C26H36N2O4S/c1-6-30-21-14-23(24-16-27-19(5)33-24)32-26(15-21)9-11-28(12-10-26)25(29)20-7-8-22(18(4)13-20)31-17(2)3/h7-8,13,16-17,21,23H,6,9-12,14-15H2,1-5H3. The van der Waals surface area contributed by atoms with Gasteiger partial charge in [0, 0.05) is 44.3 Å². The first-order valence-electron chi connectivity index (χ1n) is 12.1. The molecule has 0 saturated carbocycles. The molecule has 3 heterocycles. The van der Waals surface area contributed by atoms with Gasteiger partial charge in [-0.05, 0) is 71.2 Å².